The molecule has 0 saturated heterocycles. The zero-order chi connectivity index (χ0) is 28.2. The van der Waals surface area contributed by atoms with Gasteiger partial charge in [-0.1, -0.05) is 41.4 Å². The van der Waals surface area contributed by atoms with E-state index < -0.39 is 17.7 Å². The Morgan fingerprint density at radius 1 is 0.923 bits per heavy atom. The quantitative estimate of drug-likeness (QED) is 0.203. The lowest BCUT2D eigenvalue weighted by atomic mass is 10.2. The van der Waals surface area contributed by atoms with E-state index in [4.69, 9.17) is 42.1 Å². The van der Waals surface area contributed by atoms with Crippen molar-refractivity contribution in [3.63, 3.8) is 0 Å². The van der Waals surface area contributed by atoms with Crippen LogP contribution in [-0.2, 0) is 22.7 Å². The van der Waals surface area contributed by atoms with E-state index in [1.807, 2.05) is 12.1 Å². The van der Waals surface area contributed by atoms with Crippen LogP contribution in [0.3, 0.4) is 0 Å². The molecule has 0 radical (unpaired) electrons. The number of rotatable bonds is 8. The second kappa shape index (κ2) is 12.0. The van der Waals surface area contributed by atoms with Crippen LogP contribution in [0, 0.1) is 0 Å². The van der Waals surface area contributed by atoms with Gasteiger partial charge in [-0.3, -0.25) is 0 Å². The molecule has 0 saturated carbocycles. The third-order valence-corrected chi connectivity index (χ3v) is 6.00. The highest BCUT2D eigenvalue weighted by Crippen LogP contribution is 2.32. The summed E-state index contributed by atoms with van der Waals surface area (Å²) >= 11 is 12.3. The van der Waals surface area contributed by atoms with Crippen LogP contribution < -0.4 is 9.47 Å². The second-order valence-corrected chi connectivity index (χ2v) is 10.4. The number of hydrogen-bond acceptors (Lipinski definition) is 7. The summed E-state index contributed by atoms with van der Waals surface area (Å²) in [5, 5.41) is 0.947. The number of imidazole rings is 1. The second-order valence-electron chi connectivity index (χ2n) is 9.53. The molecule has 4 rings (SSSR count). The Bertz CT molecular complexity index is 1510. The van der Waals surface area contributed by atoms with Crippen LogP contribution in [-0.4, -0.2) is 33.8 Å². The summed E-state index contributed by atoms with van der Waals surface area (Å²) in [5.74, 6) is 0.458. The molecule has 1 heterocycles. The molecule has 39 heavy (non-hydrogen) atoms. The van der Waals surface area contributed by atoms with E-state index in [-0.39, 0.29) is 25.6 Å². The Labute approximate surface area is 236 Å². The molecule has 0 aliphatic heterocycles. The van der Waals surface area contributed by atoms with Gasteiger partial charge in [0, 0.05) is 15.6 Å². The standard InChI is InChI=1S/C29H28Cl2N2O6/c1-5-36-27(34)18-11-13-24(25(14-18)37-16-19-10-12-20(30)15-21(19)31)38-17-26-32-22-8-6-7-9-23(22)33(26)28(35)39-29(2,3)4/h6-15H,5,16-17H2,1-4H3. The molecule has 0 spiro atoms. The smallest absolute Gasteiger partial charge is 0.420 e. The molecule has 8 nitrogen and oxygen atoms in total. The molecule has 204 valence electrons. The summed E-state index contributed by atoms with van der Waals surface area (Å²) in [6.45, 7) is 7.35. The fourth-order valence-electron chi connectivity index (χ4n) is 3.70. The number of ether oxygens (including phenoxy) is 4. The van der Waals surface area contributed by atoms with Gasteiger partial charge in [0.25, 0.3) is 0 Å². The first-order chi connectivity index (χ1) is 18.6. The molecule has 0 fully saturated rings. The Balaban J connectivity index is 1.64. The van der Waals surface area contributed by atoms with Crippen molar-refractivity contribution in [1.29, 1.82) is 0 Å². The molecule has 0 N–H and O–H groups in total. The number of para-hydroxylation sites is 2. The number of halogens is 2. The van der Waals surface area contributed by atoms with E-state index in [9.17, 15) is 9.59 Å². The van der Waals surface area contributed by atoms with Gasteiger partial charge in [-0.15, -0.1) is 0 Å². The summed E-state index contributed by atoms with van der Waals surface area (Å²) in [7, 11) is 0. The molecule has 0 amide bonds. The fourth-order valence-corrected chi connectivity index (χ4v) is 4.17. The zero-order valence-corrected chi connectivity index (χ0v) is 23.5. The van der Waals surface area contributed by atoms with Crippen molar-refractivity contribution in [2.45, 2.75) is 46.5 Å². The molecule has 0 aliphatic rings. The number of benzene rings is 3. The molecule has 0 atom stereocenters. The summed E-state index contributed by atoms with van der Waals surface area (Å²) in [4.78, 5) is 30.0. The normalized spacial score (nSPS) is 11.3. The summed E-state index contributed by atoms with van der Waals surface area (Å²) in [6.07, 6.45) is -0.568. The van der Waals surface area contributed by atoms with Gasteiger partial charge < -0.3 is 18.9 Å². The van der Waals surface area contributed by atoms with E-state index in [0.717, 1.165) is 0 Å². The number of aromatic nitrogens is 2. The Morgan fingerprint density at radius 3 is 2.38 bits per heavy atom. The monoisotopic (exact) mass is 570 g/mol. The SMILES string of the molecule is CCOC(=O)c1ccc(OCc2nc3ccccc3n2C(=O)OC(C)(C)C)c(OCc2ccc(Cl)cc2Cl)c1. The minimum Gasteiger partial charge on any atom is -0.485 e. The number of carbonyl (C=O) groups excluding carboxylic acids is 2. The van der Waals surface area contributed by atoms with Gasteiger partial charge in [0.15, 0.2) is 17.3 Å². The van der Waals surface area contributed by atoms with Crippen LogP contribution in [0.25, 0.3) is 11.0 Å². The lowest BCUT2D eigenvalue weighted by molar-refractivity contribution is 0.0517. The maximum Gasteiger partial charge on any atom is 0.420 e. The molecule has 0 bridgehead atoms. The minimum absolute atomic E-state index is 0.0786. The Hall–Kier alpha value is -3.75. The highest BCUT2D eigenvalue weighted by atomic mass is 35.5. The van der Waals surface area contributed by atoms with Crippen molar-refractivity contribution in [2.24, 2.45) is 0 Å². The zero-order valence-electron chi connectivity index (χ0n) is 22.0. The minimum atomic E-state index is -0.701. The summed E-state index contributed by atoms with van der Waals surface area (Å²) in [5.41, 5.74) is 1.50. The first kappa shape index (κ1) is 28.3. The molecule has 0 aliphatic carbocycles. The van der Waals surface area contributed by atoms with Crippen LogP contribution in [0.15, 0.2) is 60.7 Å². The number of carbonyl (C=O) groups is 2. The van der Waals surface area contributed by atoms with Crippen LogP contribution in [0.2, 0.25) is 10.0 Å². The Kier molecular flexibility index (Phi) is 8.67. The van der Waals surface area contributed by atoms with Gasteiger partial charge >= 0.3 is 12.1 Å². The Morgan fingerprint density at radius 2 is 1.67 bits per heavy atom. The van der Waals surface area contributed by atoms with Crippen LogP contribution in [0.1, 0.15) is 49.4 Å². The van der Waals surface area contributed by atoms with Crippen molar-refractivity contribution in [3.05, 3.63) is 87.7 Å². The summed E-state index contributed by atoms with van der Waals surface area (Å²) < 4.78 is 24.2. The average molecular weight is 571 g/mol. The topological polar surface area (TPSA) is 88.9 Å². The maximum atomic E-state index is 13.1. The fraction of sp³-hybridized carbons (Fsp3) is 0.276. The molecular weight excluding hydrogens is 543 g/mol. The molecule has 1 aromatic heterocycles. The van der Waals surface area contributed by atoms with Crippen molar-refractivity contribution in [2.75, 3.05) is 6.61 Å². The van der Waals surface area contributed by atoms with E-state index in [1.165, 1.54) is 10.6 Å². The third-order valence-electron chi connectivity index (χ3n) is 5.42. The van der Waals surface area contributed by atoms with Gasteiger partial charge in [-0.25, -0.2) is 19.1 Å². The van der Waals surface area contributed by atoms with Crippen molar-refractivity contribution in [3.8, 4) is 11.5 Å². The predicted octanol–water partition coefficient (Wildman–Crippen LogP) is 7.46. The van der Waals surface area contributed by atoms with Gasteiger partial charge in [0.2, 0.25) is 0 Å². The first-order valence-electron chi connectivity index (χ1n) is 12.3. The van der Waals surface area contributed by atoms with E-state index in [1.54, 1.807) is 70.2 Å². The largest absolute Gasteiger partial charge is 0.485 e. The van der Waals surface area contributed by atoms with Crippen molar-refractivity contribution >= 4 is 46.3 Å². The highest BCUT2D eigenvalue weighted by Gasteiger charge is 2.24. The van der Waals surface area contributed by atoms with Crippen molar-refractivity contribution in [1.82, 2.24) is 9.55 Å². The van der Waals surface area contributed by atoms with Crippen LogP contribution >= 0.6 is 23.2 Å². The van der Waals surface area contributed by atoms with Gasteiger partial charge in [-0.2, -0.15) is 0 Å². The van der Waals surface area contributed by atoms with E-state index in [0.29, 0.717) is 43.8 Å². The molecule has 4 aromatic rings. The number of fused-ring (bicyclic) bond motifs is 1. The molecular formula is C29H28Cl2N2O6. The van der Waals surface area contributed by atoms with Gasteiger partial charge in [0.1, 0.15) is 18.8 Å². The van der Waals surface area contributed by atoms with Crippen LogP contribution in [0.4, 0.5) is 4.79 Å². The molecule has 0 unspecified atom stereocenters. The predicted molar refractivity (Wildman–Crippen MR) is 149 cm³/mol. The third kappa shape index (κ3) is 7.02. The molecule has 10 heteroatoms. The maximum absolute atomic E-state index is 13.1. The van der Waals surface area contributed by atoms with E-state index >= 15 is 0 Å². The number of hydrogen-bond donors (Lipinski definition) is 0. The average Bonchev–Trinajstić information content (AvgIpc) is 3.25. The first-order valence-corrected chi connectivity index (χ1v) is 13.0. The van der Waals surface area contributed by atoms with Crippen LogP contribution in [0.5, 0.6) is 11.5 Å². The van der Waals surface area contributed by atoms with Gasteiger partial charge in [-0.05, 0) is 70.2 Å². The lowest BCUT2D eigenvalue weighted by Gasteiger charge is -2.20. The highest BCUT2D eigenvalue weighted by molar-refractivity contribution is 6.35. The van der Waals surface area contributed by atoms with Gasteiger partial charge in [0.05, 0.1) is 23.2 Å². The molecule has 3 aromatic carbocycles. The number of esters is 1. The van der Waals surface area contributed by atoms with Crippen molar-refractivity contribution < 1.29 is 28.5 Å². The number of nitrogens with zero attached hydrogens (tertiary/aromatic N) is 2. The summed E-state index contributed by atoms with van der Waals surface area (Å²) in [6, 6.07) is 17.0. The lowest BCUT2D eigenvalue weighted by Crippen LogP contribution is -2.28. The van der Waals surface area contributed by atoms with E-state index in [2.05, 4.69) is 4.98 Å².